The van der Waals surface area contributed by atoms with Gasteiger partial charge in [-0.2, -0.15) is 0 Å². The monoisotopic (exact) mass is 661 g/mol. The molecule has 1 aromatic heterocycles. The van der Waals surface area contributed by atoms with Gasteiger partial charge in [0.25, 0.3) is 0 Å². The van der Waals surface area contributed by atoms with Crippen molar-refractivity contribution in [2.24, 2.45) is 0 Å². The number of hydrogen-bond acceptors (Lipinski definition) is 3. The van der Waals surface area contributed by atoms with Crippen molar-refractivity contribution in [2.75, 3.05) is 4.90 Å². The summed E-state index contributed by atoms with van der Waals surface area (Å²) >= 11 is 0. The molecule has 3 nitrogen and oxygen atoms in total. The van der Waals surface area contributed by atoms with Crippen LogP contribution in [0.1, 0.15) is 47.4 Å². The Kier molecular flexibility index (Phi) is 6.20. The van der Waals surface area contributed by atoms with Crippen LogP contribution in [0.2, 0.25) is 0 Å². The van der Waals surface area contributed by atoms with Crippen molar-refractivity contribution >= 4 is 64.9 Å². The summed E-state index contributed by atoms with van der Waals surface area (Å²) in [5, 5.41) is 5.36. The number of ether oxygens (including phenoxy) is 1. The number of rotatable bonds is 4. The van der Waals surface area contributed by atoms with Gasteiger partial charge < -0.3 is 14.1 Å². The van der Waals surface area contributed by atoms with Gasteiger partial charge in [-0.1, -0.05) is 101 Å². The zero-order valence-electron chi connectivity index (χ0n) is 27.7. The Bertz CT molecular complexity index is 2580. The molecule has 5 aromatic carbocycles. The Morgan fingerprint density at radius 2 is 1.66 bits per heavy atom. The van der Waals surface area contributed by atoms with Gasteiger partial charge in [0, 0.05) is 44.9 Å². The average molecular weight is 662 g/mol. The van der Waals surface area contributed by atoms with E-state index in [-0.39, 0.29) is 12.0 Å². The van der Waals surface area contributed by atoms with Crippen LogP contribution in [-0.4, -0.2) is 15.6 Å². The first kappa shape index (κ1) is 28.3. The number of furan rings is 1. The topological polar surface area (TPSA) is 25.6 Å². The van der Waals surface area contributed by atoms with Crippen molar-refractivity contribution in [3.05, 3.63) is 161 Å². The van der Waals surface area contributed by atoms with Crippen molar-refractivity contribution < 1.29 is 9.15 Å². The highest BCUT2D eigenvalue weighted by atomic mass is 28.2. The first-order valence-corrected chi connectivity index (χ1v) is 19.4. The predicted octanol–water partition coefficient (Wildman–Crippen LogP) is 9.52. The van der Waals surface area contributed by atoms with E-state index in [9.17, 15) is 0 Å². The van der Waals surface area contributed by atoms with E-state index in [2.05, 4.69) is 145 Å². The summed E-state index contributed by atoms with van der Waals surface area (Å²) in [4.78, 5) is 2.51. The van der Waals surface area contributed by atoms with Crippen LogP contribution in [0, 0.1) is 0 Å². The van der Waals surface area contributed by atoms with Crippen molar-refractivity contribution in [1.29, 1.82) is 0 Å². The second-order valence-electron chi connectivity index (χ2n) is 14.2. The van der Waals surface area contributed by atoms with E-state index in [1.54, 1.807) is 0 Å². The van der Waals surface area contributed by atoms with E-state index in [0.29, 0.717) is 0 Å². The van der Waals surface area contributed by atoms with Gasteiger partial charge in [0.1, 0.15) is 23.0 Å². The molecule has 0 bridgehead atoms. The Morgan fingerprint density at radius 1 is 0.740 bits per heavy atom. The van der Waals surface area contributed by atoms with E-state index in [1.165, 1.54) is 77.2 Å². The lowest BCUT2D eigenvalue weighted by Gasteiger charge is -2.31. The highest BCUT2D eigenvalue weighted by Crippen LogP contribution is 2.46. The fourth-order valence-corrected chi connectivity index (χ4v) is 10.9. The van der Waals surface area contributed by atoms with E-state index in [0.717, 1.165) is 42.6 Å². The Balaban J connectivity index is 1.02. The molecule has 0 spiro atoms. The summed E-state index contributed by atoms with van der Waals surface area (Å²) < 4.78 is 12.9. The summed E-state index contributed by atoms with van der Waals surface area (Å²) in [6.07, 6.45) is 22.3. The first-order chi connectivity index (χ1) is 24.7. The Hall–Kier alpha value is -5.58. The summed E-state index contributed by atoms with van der Waals surface area (Å²) in [5.41, 5.74) is 15.3. The number of benzene rings is 5. The van der Waals surface area contributed by atoms with E-state index in [4.69, 9.17) is 9.15 Å². The van der Waals surface area contributed by atoms with E-state index in [1.807, 2.05) is 0 Å². The molecule has 0 N–H and O–H groups in total. The molecule has 2 atom stereocenters. The normalized spacial score (nSPS) is 19.8. The fourth-order valence-electron chi connectivity index (χ4n) is 8.92. The number of aryl methyl sites for hydroxylation is 1. The van der Waals surface area contributed by atoms with E-state index >= 15 is 0 Å². The highest BCUT2D eigenvalue weighted by molar-refractivity contribution is 6.74. The summed E-state index contributed by atoms with van der Waals surface area (Å²) in [6.45, 7) is 0. The number of fused-ring (bicyclic) bond motifs is 11. The minimum Gasteiger partial charge on any atom is -0.485 e. The summed E-state index contributed by atoms with van der Waals surface area (Å²) in [6, 6.07) is 34.0. The number of hydrogen-bond donors (Lipinski definition) is 0. The van der Waals surface area contributed by atoms with Crippen LogP contribution in [0.25, 0.3) is 44.7 Å². The smallest absolute Gasteiger partial charge is 0.143 e. The number of para-hydroxylation sites is 1. The van der Waals surface area contributed by atoms with Gasteiger partial charge in [-0.15, -0.1) is 0 Å². The zero-order valence-corrected chi connectivity index (χ0v) is 29.1. The molecule has 6 aromatic rings. The zero-order chi connectivity index (χ0) is 32.8. The lowest BCUT2D eigenvalue weighted by atomic mass is 9.89. The average Bonchev–Trinajstić information content (AvgIpc) is 3.86. The number of nitrogens with zero attached hydrogens (tertiary/aromatic N) is 1. The van der Waals surface area contributed by atoms with Crippen LogP contribution in [0.5, 0.6) is 5.75 Å². The molecule has 3 heterocycles. The van der Waals surface area contributed by atoms with Crippen molar-refractivity contribution in [2.45, 2.75) is 37.7 Å². The molecule has 11 rings (SSSR count). The molecule has 0 saturated carbocycles. The molecule has 4 heteroatoms. The molecule has 2 unspecified atom stereocenters. The largest absolute Gasteiger partial charge is 0.485 e. The minimum absolute atomic E-state index is 0.0739. The minimum atomic E-state index is -0.680. The van der Waals surface area contributed by atoms with Gasteiger partial charge in [-0.25, -0.2) is 0 Å². The van der Waals surface area contributed by atoms with Gasteiger partial charge in [0.15, 0.2) is 0 Å². The third-order valence-electron chi connectivity index (χ3n) is 11.4. The van der Waals surface area contributed by atoms with Crippen molar-refractivity contribution in [3.63, 3.8) is 0 Å². The van der Waals surface area contributed by atoms with Crippen LogP contribution < -0.4 is 20.0 Å². The van der Waals surface area contributed by atoms with Gasteiger partial charge in [-0.3, -0.25) is 0 Å². The Labute approximate surface area is 294 Å². The maximum absolute atomic E-state index is 6.53. The fraction of sp³-hybridized carbons (Fsp3) is 0.130. The number of allylic oxidation sites excluding steroid dienone is 7. The van der Waals surface area contributed by atoms with Crippen LogP contribution in [0.3, 0.4) is 0 Å². The maximum atomic E-state index is 6.53. The molecule has 0 amide bonds. The lowest BCUT2D eigenvalue weighted by molar-refractivity contribution is 0.269. The molecule has 0 fully saturated rings. The van der Waals surface area contributed by atoms with Crippen LogP contribution >= 0.6 is 0 Å². The van der Waals surface area contributed by atoms with Crippen LogP contribution in [-0.2, 0) is 6.42 Å². The number of anilines is 2. The molecule has 3 aliphatic carbocycles. The van der Waals surface area contributed by atoms with Crippen LogP contribution in [0.15, 0.2) is 144 Å². The molecule has 0 saturated heterocycles. The van der Waals surface area contributed by atoms with Crippen molar-refractivity contribution in [1.82, 2.24) is 0 Å². The van der Waals surface area contributed by atoms with Crippen LogP contribution in [0.4, 0.5) is 11.4 Å². The van der Waals surface area contributed by atoms with Gasteiger partial charge in [0.2, 0.25) is 0 Å². The molecule has 0 radical (unpaired) electrons. The van der Waals surface area contributed by atoms with Gasteiger partial charge in [-0.05, 0) is 102 Å². The SMILES string of the molecule is C1=CC2Oc3ccc(N(C4=CC=C(c5ccc6c(c5)CCC=C6)CC4)c4ccc5c(c4)[SiH2]c4ccc6c(oc7ccccc76)c4-5)cc3C2C=C1. The predicted molar refractivity (Wildman–Crippen MR) is 210 cm³/mol. The quantitative estimate of drug-likeness (QED) is 0.176. The molecular weight excluding hydrogens is 627 g/mol. The Morgan fingerprint density at radius 3 is 2.62 bits per heavy atom. The first-order valence-electron chi connectivity index (χ1n) is 18.0. The van der Waals surface area contributed by atoms with Crippen molar-refractivity contribution in [3.8, 4) is 16.9 Å². The second kappa shape index (κ2) is 11.0. The summed E-state index contributed by atoms with van der Waals surface area (Å²) in [5.74, 6) is 1.24. The third-order valence-corrected chi connectivity index (χ3v) is 13.3. The molecule has 50 heavy (non-hydrogen) atoms. The molecule has 2 aliphatic heterocycles. The summed E-state index contributed by atoms with van der Waals surface area (Å²) in [7, 11) is -0.680. The molecule has 240 valence electrons. The standard InChI is InChI=1S/C46H35NO2Si/c1-2-8-30-25-31(14-13-28(30)7-1)29-15-17-32(18-16-29)47(33-20-23-42-39(26-33)36-10-4-5-11-40(36)48-42)34-19-21-38-44(27-34)50-43-24-22-37-35-9-3-6-12-41(35)49-46(37)45(38)43/h1,3-7,9-15,17,19-27,36,40H,2,8,16,18,50H2. The highest BCUT2D eigenvalue weighted by Gasteiger charge is 2.33. The molecule has 5 aliphatic rings. The third kappa shape index (κ3) is 4.34. The maximum Gasteiger partial charge on any atom is 0.143 e. The van der Waals surface area contributed by atoms with E-state index < -0.39 is 9.52 Å². The van der Waals surface area contributed by atoms with Gasteiger partial charge >= 0.3 is 0 Å². The van der Waals surface area contributed by atoms with Gasteiger partial charge in [0.05, 0.1) is 9.52 Å². The second-order valence-corrected chi connectivity index (χ2v) is 16.1. The lowest BCUT2D eigenvalue weighted by Crippen LogP contribution is -2.23. The molecular formula is C46H35NO2Si.